The predicted molar refractivity (Wildman–Crippen MR) is 53.3 cm³/mol. The van der Waals surface area contributed by atoms with Gasteiger partial charge in [0.1, 0.15) is 0 Å². The summed E-state index contributed by atoms with van der Waals surface area (Å²) in [5, 5.41) is 0. The highest BCUT2D eigenvalue weighted by atomic mass is 16.5. The van der Waals surface area contributed by atoms with Crippen LogP contribution in [0.5, 0.6) is 0 Å². The lowest BCUT2D eigenvalue weighted by molar-refractivity contribution is -0.0386. The van der Waals surface area contributed by atoms with E-state index in [1.54, 1.807) is 7.11 Å². The molecule has 80 valence electrons. The maximum Gasteiger partial charge on any atom is 0.0810 e. The van der Waals surface area contributed by atoms with E-state index in [-0.39, 0.29) is 11.6 Å². The van der Waals surface area contributed by atoms with E-state index in [4.69, 9.17) is 15.3 Å². The second-order valence-electron chi connectivity index (χ2n) is 3.60. The average molecular weight is 190 g/mol. The zero-order chi connectivity index (χ0) is 10.3. The Morgan fingerprint density at radius 2 is 2.08 bits per heavy atom. The number of nitrogens with two attached hydrogens (primary N) is 1. The fourth-order valence-corrected chi connectivity index (χ4v) is 0.937. The van der Waals surface area contributed by atoms with E-state index in [2.05, 4.69) is 12.3 Å². The van der Waals surface area contributed by atoms with Crippen molar-refractivity contribution in [3.8, 4) is 0 Å². The Hall–Kier alpha value is -0.160. The molecule has 0 fully saturated rings. The van der Waals surface area contributed by atoms with Crippen LogP contribution in [-0.2, 0) is 9.47 Å². The first kappa shape index (κ1) is 12.8. The maximum absolute atomic E-state index is 5.41. The van der Waals surface area contributed by atoms with Gasteiger partial charge in [-0.1, -0.05) is 6.92 Å². The van der Waals surface area contributed by atoms with E-state index >= 15 is 0 Å². The van der Waals surface area contributed by atoms with Crippen LogP contribution in [0.3, 0.4) is 0 Å². The van der Waals surface area contributed by atoms with Crippen LogP contribution in [0.25, 0.3) is 0 Å². The Morgan fingerprint density at radius 3 is 2.46 bits per heavy atom. The predicted octanol–water partition coefficient (Wildman–Crippen LogP) is 0.670. The number of hydrogen-bond donors (Lipinski definition) is 2. The average Bonchev–Trinajstić information content (AvgIpc) is 2.12. The van der Waals surface area contributed by atoms with Gasteiger partial charge in [0.25, 0.3) is 0 Å². The van der Waals surface area contributed by atoms with Crippen LogP contribution in [0.4, 0.5) is 0 Å². The van der Waals surface area contributed by atoms with Crippen molar-refractivity contribution in [3.63, 3.8) is 0 Å². The molecule has 0 rings (SSSR count). The lowest BCUT2D eigenvalue weighted by atomic mass is 10.0. The molecule has 0 amide bonds. The summed E-state index contributed by atoms with van der Waals surface area (Å²) in [5.41, 5.74) is 2.40. The van der Waals surface area contributed by atoms with Crippen LogP contribution >= 0.6 is 0 Å². The van der Waals surface area contributed by atoms with Crippen LogP contribution in [0.15, 0.2) is 0 Å². The minimum Gasteiger partial charge on any atom is -0.380 e. The standard InChI is InChI=1S/C9H22N2O2/c1-5-6-13-7-8(11-10)9(2,3)12-4/h8,11H,5-7,10H2,1-4H3. The first-order valence-corrected chi connectivity index (χ1v) is 4.67. The van der Waals surface area contributed by atoms with Crippen LogP contribution < -0.4 is 11.3 Å². The van der Waals surface area contributed by atoms with Crippen molar-refractivity contribution >= 4 is 0 Å². The molecule has 0 bridgehead atoms. The van der Waals surface area contributed by atoms with Crippen LogP contribution in [-0.4, -0.2) is 32.0 Å². The third-order valence-corrected chi connectivity index (χ3v) is 2.20. The molecular formula is C9H22N2O2. The van der Waals surface area contributed by atoms with E-state index in [0.29, 0.717) is 6.61 Å². The largest absolute Gasteiger partial charge is 0.380 e. The quantitative estimate of drug-likeness (QED) is 0.352. The van der Waals surface area contributed by atoms with Gasteiger partial charge in [-0.25, -0.2) is 0 Å². The molecule has 1 unspecified atom stereocenters. The molecule has 0 aliphatic rings. The Kier molecular flexibility index (Phi) is 6.24. The van der Waals surface area contributed by atoms with Gasteiger partial charge in [0.15, 0.2) is 0 Å². The zero-order valence-corrected chi connectivity index (χ0v) is 9.09. The van der Waals surface area contributed by atoms with Gasteiger partial charge in [-0.3, -0.25) is 11.3 Å². The van der Waals surface area contributed by atoms with Crippen molar-refractivity contribution in [2.45, 2.75) is 38.8 Å². The summed E-state index contributed by atoms with van der Waals surface area (Å²) >= 11 is 0. The van der Waals surface area contributed by atoms with Gasteiger partial charge in [-0.2, -0.15) is 0 Å². The topological polar surface area (TPSA) is 56.5 Å². The fraction of sp³-hybridized carbons (Fsp3) is 1.00. The summed E-state index contributed by atoms with van der Waals surface area (Å²) in [6.07, 6.45) is 1.02. The zero-order valence-electron chi connectivity index (χ0n) is 9.09. The second kappa shape index (κ2) is 6.32. The van der Waals surface area contributed by atoms with Gasteiger partial charge >= 0.3 is 0 Å². The highest BCUT2D eigenvalue weighted by Crippen LogP contribution is 2.13. The first-order valence-electron chi connectivity index (χ1n) is 4.67. The Morgan fingerprint density at radius 1 is 1.46 bits per heavy atom. The Bertz CT molecular complexity index is 129. The Balaban J connectivity index is 3.87. The normalized spacial score (nSPS) is 14.5. The van der Waals surface area contributed by atoms with E-state index in [9.17, 15) is 0 Å². The Labute approximate surface area is 80.7 Å². The number of rotatable bonds is 7. The number of hydrogen-bond acceptors (Lipinski definition) is 4. The molecule has 4 nitrogen and oxygen atoms in total. The minimum absolute atomic E-state index is 0.0176. The summed E-state index contributed by atoms with van der Waals surface area (Å²) in [4.78, 5) is 0. The molecule has 0 aliphatic heterocycles. The third kappa shape index (κ3) is 4.57. The van der Waals surface area contributed by atoms with Gasteiger partial charge in [-0.05, 0) is 20.3 Å². The van der Waals surface area contributed by atoms with Crippen molar-refractivity contribution in [1.29, 1.82) is 0 Å². The molecular weight excluding hydrogens is 168 g/mol. The highest BCUT2D eigenvalue weighted by molar-refractivity contribution is 4.83. The number of methoxy groups -OCH3 is 1. The molecule has 0 saturated heterocycles. The van der Waals surface area contributed by atoms with Crippen LogP contribution in [0.1, 0.15) is 27.2 Å². The molecule has 0 aromatic carbocycles. The lowest BCUT2D eigenvalue weighted by Gasteiger charge is -2.32. The number of hydrazine groups is 1. The van der Waals surface area contributed by atoms with E-state index in [1.165, 1.54) is 0 Å². The summed E-state index contributed by atoms with van der Waals surface area (Å²) in [5.74, 6) is 5.41. The molecule has 1 atom stereocenters. The van der Waals surface area contributed by atoms with E-state index < -0.39 is 0 Å². The van der Waals surface area contributed by atoms with Gasteiger partial charge in [0.05, 0.1) is 18.2 Å². The molecule has 0 aromatic heterocycles. The molecule has 0 radical (unpaired) electrons. The molecule has 0 aliphatic carbocycles. The summed E-state index contributed by atoms with van der Waals surface area (Å²) in [6.45, 7) is 7.37. The van der Waals surface area contributed by atoms with Crippen molar-refractivity contribution < 1.29 is 9.47 Å². The molecule has 4 heteroatoms. The first-order chi connectivity index (χ1) is 6.08. The highest BCUT2D eigenvalue weighted by Gasteiger charge is 2.28. The van der Waals surface area contributed by atoms with Gasteiger partial charge in [0, 0.05) is 13.7 Å². The monoisotopic (exact) mass is 190 g/mol. The fourth-order valence-electron chi connectivity index (χ4n) is 0.937. The second-order valence-corrected chi connectivity index (χ2v) is 3.60. The smallest absolute Gasteiger partial charge is 0.0810 e. The van der Waals surface area contributed by atoms with E-state index in [0.717, 1.165) is 13.0 Å². The maximum atomic E-state index is 5.41. The van der Waals surface area contributed by atoms with Crippen molar-refractivity contribution in [2.75, 3.05) is 20.3 Å². The molecule has 0 spiro atoms. The van der Waals surface area contributed by atoms with E-state index in [1.807, 2.05) is 13.8 Å². The van der Waals surface area contributed by atoms with Gasteiger partial charge < -0.3 is 9.47 Å². The van der Waals surface area contributed by atoms with Crippen LogP contribution in [0.2, 0.25) is 0 Å². The van der Waals surface area contributed by atoms with Gasteiger partial charge in [-0.15, -0.1) is 0 Å². The number of ether oxygens (including phenoxy) is 2. The molecule has 13 heavy (non-hydrogen) atoms. The SMILES string of the molecule is CCCOCC(NN)C(C)(C)OC. The summed E-state index contributed by atoms with van der Waals surface area (Å²) < 4.78 is 10.7. The van der Waals surface area contributed by atoms with Gasteiger partial charge in [0.2, 0.25) is 0 Å². The van der Waals surface area contributed by atoms with Crippen molar-refractivity contribution in [2.24, 2.45) is 5.84 Å². The lowest BCUT2D eigenvalue weighted by Crippen LogP contribution is -2.53. The molecule has 3 N–H and O–H groups in total. The number of nitrogens with one attached hydrogen (secondary N) is 1. The summed E-state index contributed by atoms with van der Waals surface area (Å²) in [7, 11) is 1.67. The van der Waals surface area contributed by atoms with Crippen molar-refractivity contribution in [3.05, 3.63) is 0 Å². The molecule has 0 aromatic rings. The van der Waals surface area contributed by atoms with Crippen molar-refractivity contribution in [1.82, 2.24) is 5.43 Å². The minimum atomic E-state index is -0.303. The molecule has 0 saturated carbocycles. The summed E-state index contributed by atoms with van der Waals surface area (Å²) in [6, 6.07) is 0.0176. The molecule has 0 heterocycles. The van der Waals surface area contributed by atoms with Crippen LogP contribution in [0, 0.1) is 0 Å². The third-order valence-electron chi connectivity index (χ3n) is 2.20.